The predicted molar refractivity (Wildman–Crippen MR) is 62.2 cm³/mol. The summed E-state index contributed by atoms with van der Waals surface area (Å²) >= 11 is 0. The number of pyridine rings is 1. The van der Waals surface area contributed by atoms with Crippen molar-refractivity contribution in [3.8, 4) is 5.82 Å². The number of aromatic nitrogens is 4. The molecule has 0 amide bonds. The summed E-state index contributed by atoms with van der Waals surface area (Å²) in [5.41, 5.74) is 0.600. The van der Waals surface area contributed by atoms with Crippen molar-refractivity contribution >= 4 is 11.9 Å². The number of carbonyl (C=O) groups is 2. The molecule has 0 radical (unpaired) electrons. The summed E-state index contributed by atoms with van der Waals surface area (Å²) in [6.45, 7) is 1.66. The first-order chi connectivity index (χ1) is 9.01. The molecule has 19 heavy (non-hydrogen) atoms. The van der Waals surface area contributed by atoms with Crippen molar-refractivity contribution in [3.05, 3.63) is 35.5 Å². The van der Waals surface area contributed by atoms with E-state index in [9.17, 15) is 9.59 Å². The lowest BCUT2D eigenvalue weighted by Crippen LogP contribution is -2.07. The van der Waals surface area contributed by atoms with Gasteiger partial charge in [0.25, 0.3) is 5.82 Å². The van der Waals surface area contributed by atoms with E-state index >= 15 is 0 Å². The average molecular weight is 262 g/mol. The molecule has 2 aromatic heterocycles. The van der Waals surface area contributed by atoms with Crippen LogP contribution in [-0.4, -0.2) is 43.9 Å². The molecule has 98 valence electrons. The van der Waals surface area contributed by atoms with Gasteiger partial charge < -0.3 is 9.84 Å². The van der Waals surface area contributed by atoms with Gasteiger partial charge in [0.05, 0.1) is 12.7 Å². The average Bonchev–Trinajstić information content (AvgIpc) is 2.86. The fraction of sp³-hybridized carbons (Fsp3) is 0.182. The third-order valence-corrected chi connectivity index (χ3v) is 2.28. The first-order valence-electron chi connectivity index (χ1n) is 5.23. The van der Waals surface area contributed by atoms with Crippen molar-refractivity contribution in [2.75, 3.05) is 7.11 Å². The standard InChI is InChI=1S/C11H10N4O4/c1-6-3-7(10(16)17)4-8(13-6)15-5-12-9(14-15)11(18)19-2/h3-5H,1-2H3,(H,16,17). The molecule has 0 fully saturated rings. The molecule has 0 unspecified atom stereocenters. The van der Waals surface area contributed by atoms with E-state index < -0.39 is 11.9 Å². The Morgan fingerprint density at radius 2 is 2.11 bits per heavy atom. The Labute approximate surface area is 107 Å². The number of nitrogens with zero attached hydrogens (tertiary/aromatic N) is 4. The smallest absolute Gasteiger partial charge is 0.377 e. The van der Waals surface area contributed by atoms with Gasteiger partial charge in [0, 0.05) is 5.69 Å². The van der Waals surface area contributed by atoms with E-state index in [2.05, 4.69) is 19.8 Å². The fourth-order valence-corrected chi connectivity index (χ4v) is 1.45. The number of carboxylic acids is 1. The van der Waals surface area contributed by atoms with E-state index in [4.69, 9.17) is 5.11 Å². The summed E-state index contributed by atoms with van der Waals surface area (Å²) in [6, 6.07) is 2.77. The van der Waals surface area contributed by atoms with Crippen molar-refractivity contribution in [1.29, 1.82) is 0 Å². The molecule has 0 aliphatic rings. The second-order valence-corrected chi connectivity index (χ2v) is 3.66. The molecule has 0 saturated heterocycles. The predicted octanol–water partition coefficient (Wildman–Crippen LogP) is 0.456. The van der Waals surface area contributed by atoms with Crippen molar-refractivity contribution in [1.82, 2.24) is 19.7 Å². The van der Waals surface area contributed by atoms with Crippen LogP contribution >= 0.6 is 0 Å². The molecular weight excluding hydrogens is 252 g/mol. The number of hydrogen-bond acceptors (Lipinski definition) is 6. The minimum Gasteiger partial charge on any atom is -0.478 e. The molecule has 0 atom stereocenters. The van der Waals surface area contributed by atoms with Crippen molar-refractivity contribution in [2.45, 2.75) is 6.92 Å². The van der Waals surface area contributed by atoms with E-state index in [1.807, 2.05) is 0 Å². The molecule has 1 N–H and O–H groups in total. The van der Waals surface area contributed by atoms with Crippen LogP contribution in [0, 0.1) is 6.92 Å². The largest absolute Gasteiger partial charge is 0.478 e. The van der Waals surface area contributed by atoms with Gasteiger partial charge in [0.1, 0.15) is 6.33 Å². The van der Waals surface area contributed by atoms with Crippen molar-refractivity contribution in [2.24, 2.45) is 0 Å². The highest BCUT2D eigenvalue weighted by molar-refractivity contribution is 5.88. The molecule has 8 nitrogen and oxygen atoms in total. The highest BCUT2D eigenvalue weighted by Crippen LogP contribution is 2.09. The number of rotatable bonds is 3. The minimum absolute atomic E-state index is 0.0811. The third-order valence-electron chi connectivity index (χ3n) is 2.28. The van der Waals surface area contributed by atoms with Gasteiger partial charge in [-0.2, -0.15) is 0 Å². The Morgan fingerprint density at radius 3 is 2.74 bits per heavy atom. The van der Waals surface area contributed by atoms with Crippen molar-refractivity contribution < 1.29 is 19.4 Å². The number of aromatic carboxylic acids is 1. The van der Waals surface area contributed by atoms with E-state index in [0.717, 1.165) is 0 Å². The lowest BCUT2D eigenvalue weighted by molar-refractivity contribution is 0.0586. The number of carbonyl (C=O) groups excluding carboxylic acids is 1. The summed E-state index contributed by atoms with van der Waals surface area (Å²) in [5.74, 6) is -1.60. The molecule has 0 bridgehead atoms. The van der Waals surface area contributed by atoms with Crippen LogP contribution in [0.5, 0.6) is 0 Å². The maximum Gasteiger partial charge on any atom is 0.377 e. The number of hydrogen-bond donors (Lipinski definition) is 1. The normalized spacial score (nSPS) is 10.2. The van der Waals surface area contributed by atoms with Crippen LogP contribution in [0.25, 0.3) is 5.82 Å². The minimum atomic E-state index is -1.07. The molecule has 0 aliphatic carbocycles. The highest BCUT2D eigenvalue weighted by Gasteiger charge is 2.14. The highest BCUT2D eigenvalue weighted by atomic mass is 16.5. The van der Waals surface area contributed by atoms with E-state index in [0.29, 0.717) is 5.69 Å². The van der Waals surface area contributed by atoms with Gasteiger partial charge in [-0.15, -0.1) is 5.10 Å². The van der Waals surface area contributed by atoms with Gasteiger partial charge in [0.15, 0.2) is 5.82 Å². The fourth-order valence-electron chi connectivity index (χ4n) is 1.45. The molecule has 2 aromatic rings. The molecule has 8 heteroatoms. The molecular formula is C11H10N4O4. The Balaban J connectivity index is 2.44. The summed E-state index contributed by atoms with van der Waals surface area (Å²) < 4.78 is 5.69. The quantitative estimate of drug-likeness (QED) is 0.800. The monoisotopic (exact) mass is 262 g/mol. The first-order valence-corrected chi connectivity index (χ1v) is 5.23. The van der Waals surface area contributed by atoms with Gasteiger partial charge in [-0.3, -0.25) is 0 Å². The van der Waals surface area contributed by atoms with E-state index in [1.54, 1.807) is 6.92 Å². The number of carboxylic acid groups (broad SMARTS) is 1. The van der Waals surface area contributed by atoms with Gasteiger partial charge in [-0.05, 0) is 19.1 Å². The molecule has 0 saturated carbocycles. The van der Waals surface area contributed by atoms with Crippen molar-refractivity contribution in [3.63, 3.8) is 0 Å². The number of methoxy groups -OCH3 is 1. The maximum absolute atomic E-state index is 11.2. The lowest BCUT2D eigenvalue weighted by atomic mass is 10.2. The van der Waals surface area contributed by atoms with Crippen LogP contribution in [0.4, 0.5) is 0 Å². The first kappa shape index (κ1) is 12.7. The zero-order valence-electron chi connectivity index (χ0n) is 10.2. The Bertz CT molecular complexity index is 650. The molecule has 2 rings (SSSR count). The SMILES string of the molecule is COC(=O)c1ncn(-c2cc(C(=O)O)cc(C)n2)n1. The second-order valence-electron chi connectivity index (χ2n) is 3.66. The number of esters is 1. The van der Waals surface area contributed by atoms with Crippen LogP contribution in [0.1, 0.15) is 26.7 Å². The summed E-state index contributed by atoms with van der Waals surface area (Å²) in [7, 11) is 1.22. The number of aryl methyl sites for hydroxylation is 1. The maximum atomic E-state index is 11.2. The van der Waals surface area contributed by atoms with E-state index in [-0.39, 0.29) is 17.2 Å². The summed E-state index contributed by atoms with van der Waals surface area (Å²) in [4.78, 5) is 30.1. The molecule has 2 heterocycles. The Kier molecular flexibility index (Phi) is 3.23. The lowest BCUT2D eigenvalue weighted by Gasteiger charge is -2.03. The molecule has 0 aliphatic heterocycles. The molecule has 0 aromatic carbocycles. The zero-order chi connectivity index (χ0) is 14.0. The second kappa shape index (κ2) is 4.84. The van der Waals surface area contributed by atoms with Gasteiger partial charge in [-0.1, -0.05) is 0 Å². The van der Waals surface area contributed by atoms with Crippen LogP contribution in [0.2, 0.25) is 0 Å². The topological polar surface area (TPSA) is 107 Å². The van der Waals surface area contributed by atoms with Gasteiger partial charge in [-0.25, -0.2) is 24.2 Å². The third kappa shape index (κ3) is 2.57. The zero-order valence-corrected chi connectivity index (χ0v) is 10.2. The van der Waals surface area contributed by atoms with Crippen LogP contribution in [-0.2, 0) is 4.74 Å². The van der Waals surface area contributed by atoms with Crippen LogP contribution in [0.3, 0.4) is 0 Å². The van der Waals surface area contributed by atoms with Crippen LogP contribution in [0.15, 0.2) is 18.5 Å². The Hall–Kier alpha value is -2.77. The Morgan fingerprint density at radius 1 is 1.37 bits per heavy atom. The van der Waals surface area contributed by atoms with Crippen LogP contribution < -0.4 is 0 Å². The number of ether oxygens (including phenoxy) is 1. The van der Waals surface area contributed by atoms with Gasteiger partial charge >= 0.3 is 11.9 Å². The summed E-state index contributed by atoms with van der Waals surface area (Å²) in [5, 5.41) is 12.8. The van der Waals surface area contributed by atoms with E-state index in [1.165, 1.54) is 30.3 Å². The van der Waals surface area contributed by atoms with Gasteiger partial charge in [0.2, 0.25) is 0 Å². The molecule has 0 spiro atoms. The summed E-state index contributed by atoms with van der Waals surface area (Å²) in [6.07, 6.45) is 1.26.